The second-order valence-electron chi connectivity index (χ2n) is 6.59. The smallest absolute Gasteiger partial charge is 0.273 e. The Kier molecular flexibility index (Phi) is 5.07. The van der Waals surface area contributed by atoms with E-state index in [4.69, 9.17) is 0 Å². The van der Waals surface area contributed by atoms with Gasteiger partial charge in [0.1, 0.15) is 5.69 Å². The molecule has 3 aromatic rings. The molecule has 0 N–H and O–H groups in total. The van der Waals surface area contributed by atoms with Crippen molar-refractivity contribution < 1.29 is 4.79 Å². The van der Waals surface area contributed by atoms with Crippen LogP contribution in [0, 0.1) is 0 Å². The Bertz CT molecular complexity index is 863. The number of benzene rings is 1. The summed E-state index contributed by atoms with van der Waals surface area (Å²) in [5.74, 6) is 0.0362. The summed E-state index contributed by atoms with van der Waals surface area (Å²) in [5, 5.41) is 2.88. The number of piperidine rings is 1. The summed E-state index contributed by atoms with van der Waals surface area (Å²) in [4.78, 5) is 23.9. The molecule has 0 spiro atoms. The molecule has 1 aromatic carbocycles. The third-order valence-corrected chi connectivity index (χ3v) is 5.65. The Hall–Kier alpha value is -2.53. The van der Waals surface area contributed by atoms with Gasteiger partial charge in [-0.3, -0.25) is 9.78 Å². The summed E-state index contributed by atoms with van der Waals surface area (Å²) < 4.78 is 0. The average Bonchev–Trinajstić information content (AvgIpc) is 3.17. The van der Waals surface area contributed by atoms with Crippen LogP contribution in [0.25, 0.3) is 0 Å². The molecule has 1 fully saturated rings. The van der Waals surface area contributed by atoms with Crippen molar-refractivity contribution in [3.8, 4) is 0 Å². The molecule has 3 heterocycles. The van der Waals surface area contributed by atoms with Crippen LogP contribution in [0.3, 0.4) is 0 Å². The Morgan fingerprint density at radius 2 is 2.04 bits per heavy atom. The van der Waals surface area contributed by atoms with Crippen LogP contribution in [0.2, 0.25) is 0 Å². The first-order valence-electron chi connectivity index (χ1n) is 9.00. The van der Waals surface area contributed by atoms with E-state index in [9.17, 15) is 4.79 Å². The first-order chi connectivity index (χ1) is 12.8. The molecule has 1 saturated heterocycles. The number of pyridine rings is 1. The number of hydrogen-bond donors (Lipinski definition) is 0. The molecule has 1 atom stereocenters. The fourth-order valence-electron chi connectivity index (χ4n) is 3.50. The Morgan fingerprint density at radius 1 is 1.15 bits per heavy atom. The minimum absolute atomic E-state index is 0.0362. The van der Waals surface area contributed by atoms with Gasteiger partial charge in [-0.25, -0.2) is 4.98 Å². The van der Waals surface area contributed by atoms with Crippen molar-refractivity contribution in [1.29, 1.82) is 0 Å². The molecule has 4 rings (SSSR count). The summed E-state index contributed by atoms with van der Waals surface area (Å²) in [7, 11) is 0. The summed E-state index contributed by atoms with van der Waals surface area (Å²) in [6.45, 7) is 0.782. The van der Waals surface area contributed by atoms with Gasteiger partial charge < -0.3 is 4.90 Å². The second-order valence-corrected chi connectivity index (χ2v) is 7.53. The summed E-state index contributed by atoms with van der Waals surface area (Å²) in [6, 6.07) is 14.3. The molecule has 0 radical (unpaired) electrons. The van der Waals surface area contributed by atoms with E-state index in [0.717, 1.165) is 42.8 Å². The highest BCUT2D eigenvalue weighted by molar-refractivity contribution is 7.09. The second kappa shape index (κ2) is 7.79. The first-order valence-corrected chi connectivity index (χ1v) is 9.88. The highest BCUT2D eigenvalue weighted by Gasteiger charge is 2.30. The van der Waals surface area contributed by atoms with E-state index in [0.29, 0.717) is 5.69 Å². The van der Waals surface area contributed by atoms with Gasteiger partial charge in [-0.05, 0) is 36.5 Å². The molecule has 0 saturated carbocycles. The van der Waals surface area contributed by atoms with Crippen molar-refractivity contribution in [2.24, 2.45) is 0 Å². The fourth-order valence-corrected chi connectivity index (χ4v) is 4.30. The number of rotatable bonds is 4. The van der Waals surface area contributed by atoms with Crippen molar-refractivity contribution in [3.63, 3.8) is 0 Å². The zero-order valence-corrected chi connectivity index (χ0v) is 15.4. The van der Waals surface area contributed by atoms with E-state index in [-0.39, 0.29) is 11.9 Å². The molecule has 4 nitrogen and oxygen atoms in total. The SMILES string of the molecule is O=C(c1csc(Cc2ccccc2)n1)N1CCCCC1c1cccnc1. The maximum atomic E-state index is 13.1. The van der Waals surface area contributed by atoms with Crippen LogP contribution in [-0.2, 0) is 6.42 Å². The van der Waals surface area contributed by atoms with Crippen LogP contribution in [0.5, 0.6) is 0 Å². The highest BCUT2D eigenvalue weighted by atomic mass is 32.1. The number of carbonyl (C=O) groups excluding carboxylic acids is 1. The molecular weight excluding hydrogens is 342 g/mol. The topological polar surface area (TPSA) is 46.1 Å². The fraction of sp³-hybridized carbons (Fsp3) is 0.286. The van der Waals surface area contributed by atoms with Crippen molar-refractivity contribution >= 4 is 17.2 Å². The maximum absolute atomic E-state index is 13.1. The van der Waals surface area contributed by atoms with Gasteiger partial charge >= 0.3 is 0 Å². The lowest BCUT2D eigenvalue weighted by molar-refractivity contribution is 0.0605. The van der Waals surface area contributed by atoms with Crippen molar-refractivity contribution in [2.45, 2.75) is 31.7 Å². The summed E-state index contributed by atoms with van der Waals surface area (Å²) in [6.07, 6.45) is 7.58. The molecule has 5 heteroatoms. The maximum Gasteiger partial charge on any atom is 0.273 e. The van der Waals surface area contributed by atoms with Crippen LogP contribution in [0.1, 0.15) is 51.9 Å². The van der Waals surface area contributed by atoms with Crippen molar-refractivity contribution in [1.82, 2.24) is 14.9 Å². The van der Waals surface area contributed by atoms with E-state index < -0.39 is 0 Å². The number of nitrogens with zero attached hydrogens (tertiary/aromatic N) is 3. The number of amides is 1. The minimum atomic E-state index is 0.0362. The number of hydrogen-bond acceptors (Lipinski definition) is 4. The largest absolute Gasteiger partial charge is 0.330 e. The van der Waals surface area contributed by atoms with Crippen LogP contribution in [-0.4, -0.2) is 27.3 Å². The van der Waals surface area contributed by atoms with Gasteiger partial charge in [0.25, 0.3) is 5.91 Å². The lowest BCUT2D eigenvalue weighted by Gasteiger charge is -2.35. The van der Waals surface area contributed by atoms with E-state index in [2.05, 4.69) is 28.2 Å². The van der Waals surface area contributed by atoms with Crippen LogP contribution < -0.4 is 0 Å². The third-order valence-electron chi connectivity index (χ3n) is 4.80. The van der Waals surface area contributed by atoms with E-state index in [1.54, 1.807) is 17.5 Å². The predicted octanol–water partition coefficient (Wildman–Crippen LogP) is 4.50. The quantitative estimate of drug-likeness (QED) is 0.686. The predicted molar refractivity (Wildman–Crippen MR) is 103 cm³/mol. The molecule has 2 aromatic heterocycles. The number of thiazole rings is 1. The van der Waals surface area contributed by atoms with Gasteiger partial charge in [0, 0.05) is 30.7 Å². The molecule has 0 aliphatic carbocycles. The van der Waals surface area contributed by atoms with Crippen molar-refractivity contribution in [3.05, 3.63) is 82.1 Å². The minimum Gasteiger partial charge on any atom is -0.330 e. The lowest BCUT2D eigenvalue weighted by atomic mass is 9.96. The zero-order valence-electron chi connectivity index (χ0n) is 14.5. The number of aromatic nitrogens is 2. The van der Waals surface area contributed by atoms with E-state index in [1.807, 2.05) is 40.7 Å². The Balaban J connectivity index is 1.53. The van der Waals surface area contributed by atoms with Gasteiger partial charge in [-0.2, -0.15) is 0 Å². The summed E-state index contributed by atoms with van der Waals surface area (Å²) >= 11 is 1.56. The average molecular weight is 363 g/mol. The molecule has 26 heavy (non-hydrogen) atoms. The van der Waals surface area contributed by atoms with Crippen LogP contribution in [0.15, 0.2) is 60.2 Å². The van der Waals surface area contributed by atoms with Gasteiger partial charge in [0.2, 0.25) is 0 Å². The highest BCUT2D eigenvalue weighted by Crippen LogP contribution is 2.32. The lowest BCUT2D eigenvalue weighted by Crippen LogP contribution is -2.38. The molecule has 1 amide bonds. The van der Waals surface area contributed by atoms with Gasteiger partial charge in [-0.15, -0.1) is 11.3 Å². The van der Waals surface area contributed by atoms with Crippen LogP contribution in [0.4, 0.5) is 0 Å². The van der Waals surface area contributed by atoms with Gasteiger partial charge in [0.05, 0.1) is 11.0 Å². The van der Waals surface area contributed by atoms with Gasteiger partial charge in [-0.1, -0.05) is 36.4 Å². The van der Waals surface area contributed by atoms with Crippen LogP contribution >= 0.6 is 11.3 Å². The zero-order chi connectivity index (χ0) is 17.8. The number of carbonyl (C=O) groups is 1. The van der Waals surface area contributed by atoms with Crippen molar-refractivity contribution in [2.75, 3.05) is 6.54 Å². The molecule has 1 aliphatic rings. The molecular formula is C21H21N3OS. The molecule has 0 bridgehead atoms. The van der Waals surface area contributed by atoms with Gasteiger partial charge in [0.15, 0.2) is 0 Å². The first kappa shape index (κ1) is 16.9. The Labute approximate surface area is 157 Å². The molecule has 1 unspecified atom stereocenters. The Morgan fingerprint density at radius 3 is 2.85 bits per heavy atom. The third kappa shape index (κ3) is 3.68. The summed E-state index contributed by atoms with van der Waals surface area (Å²) in [5.41, 5.74) is 2.89. The molecule has 132 valence electrons. The normalized spacial score (nSPS) is 17.2. The van der Waals surface area contributed by atoms with E-state index >= 15 is 0 Å². The van der Waals surface area contributed by atoms with E-state index in [1.165, 1.54) is 5.56 Å². The molecule has 1 aliphatic heterocycles. The number of likely N-dealkylation sites (tertiary alicyclic amines) is 1. The standard InChI is InChI=1S/C21H21N3OS/c25-21(18-15-26-20(23-18)13-16-7-2-1-3-8-16)24-12-5-4-10-19(24)17-9-6-11-22-14-17/h1-3,6-9,11,14-15,19H,4-5,10,12-13H2. The monoisotopic (exact) mass is 363 g/mol.